The van der Waals surface area contributed by atoms with E-state index in [4.69, 9.17) is 0 Å². The number of carbonyl (C=O) groups is 2. The van der Waals surface area contributed by atoms with E-state index in [2.05, 4.69) is 9.47 Å². The van der Waals surface area contributed by atoms with Gasteiger partial charge in [0.05, 0.1) is 6.61 Å². The Morgan fingerprint density at radius 3 is 2.31 bits per heavy atom. The first-order chi connectivity index (χ1) is 7.26. The van der Waals surface area contributed by atoms with Crippen LogP contribution in [0.15, 0.2) is 0 Å². The van der Waals surface area contributed by atoms with Crippen LogP contribution in [-0.4, -0.2) is 37.5 Å². The average Bonchev–Trinajstić information content (AvgIpc) is 2.14. The minimum absolute atomic E-state index is 0.114. The van der Waals surface area contributed by atoms with Gasteiger partial charge in [0, 0.05) is 0 Å². The summed E-state index contributed by atoms with van der Waals surface area (Å²) in [6, 6.07) is -1.05. The summed E-state index contributed by atoms with van der Waals surface area (Å²) in [5.74, 6) is -0.744. The molecule has 0 aliphatic carbocycles. The van der Waals surface area contributed by atoms with Gasteiger partial charge in [0.25, 0.3) is 0 Å². The molecule has 0 saturated heterocycles. The molecule has 1 amide bonds. The monoisotopic (exact) mass is 243 g/mol. The van der Waals surface area contributed by atoms with E-state index in [1.165, 1.54) is 6.92 Å². The molecule has 1 N–H and O–H groups in total. The van der Waals surface area contributed by atoms with Crippen LogP contribution in [0.2, 0.25) is 0 Å². The molecule has 0 fully saturated rings. The topological polar surface area (TPSA) is 64.6 Å². The fraction of sp³-hybridized carbons (Fsp3) is 0.750. The Kier molecular flexibility index (Phi) is 5.62. The van der Waals surface area contributed by atoms with Gasteiger partial charge in [-0.2, -0.15) is 13.2 Å². The zero-order valence-corrected chi connectivity index (χ0v) is 8.76. The highest BCUT2D eigenvalue weighted by Gasteiger charge is 2.30. The summed E-state index contributed by atoms with van der Waals surface area (Å²) in [5.41, 5.74) is 0. The molecule has 5 nitrogen and oxygen atoms in total. The third-order valence-electron chi connectivity index (χ3n) is 1.34. The summed E-state index contributed by atoms with van der Waals surface area (Å²) in [6.07, 6.45) is -5.91. The summed E-state index contributed by atoms with van der Waals surface area (Å²) in [5, 5.41) is 1.90. The molecule has 0 aromatic carbocycles. The molecule has 0 aromatic heterocycles. The van der Waals surface area contributed by atoms with Crippen LogP contribution in [0.3, 0.4) is 0 Å². The zero-order valence-electron chi connectivity index (χ0n) is 8.76. The SMILES string of the molecule is CCOC(=O)C(C)NC(=O)OCC(F)(F)F. The lowest BCUT2D eigenvalue weighted by atomic mass is 10.3. The van der Waals surface area contributed by atoms with Crippen molar-refractivity contribution in [3.8, 4) is 0 Å². The molecule has 0 aliphatic rings. The van der Waals surface area contributed by atoms with E-state index < -0.39 is 30.9 Å². The Balaban J connectivity index is 3.92. The number of halogens is 3. The van der Waals surface area contributed by atoms with Crippen LogP contribution < -0.4 is 5.32 Å². The van der Waals surface area contributed by atoms with Crippen molar-refractivity contribution in [2.24, 2.45) is 0 Å². The molecule has 0 heterocycles. The number of ether oxygens (including phenoxy) is 2. The van der Waals surface area contributed by atoms with E-state index in [9.17, 15) is 22.8 Å². The maximum absolute atomic E-state index is 11.6. The van der Waals surface area contributed by atoms with Crippen LogP contribution in [-0.2, 0) is 14.3 Å². The predicted molar refractivity (Wildman–Crippen MR) is 46.6 cm³/mol. The van der Waals surface area contributed by atoms with Gasteiger partial charge in [0.2, 0.25) is 0 Å². The van der Waals surface area contributed by atoms with Gasteiger partial charge in [0.1, 0.15) is 6.04 Å². The van der Waals surface area contributed by atoms with E-state index >= 15 is 0 Å². The third kappa shape index (κ3) is 6.91. The normalized spacial score (nSPS) is 12.8. The highest BCUT2D eigenvalue weighted by Crippen LogP contribution is 2.14. The summed E-state index contributed by atoms with van der Waals surface area (Å²) in [7, 11) is 0. The second-order valence-electron chi connectivity index (χ2n) is 2.81. The van der Waals surface area contributed by atoms with Gasteiger partial charge in [-0.3, -0.25) is 0 Å². The molecule has 0 spiro atoms. The molecular formula is C8H12F3NO4. The van der Waals surface area contributed by atoms with Crippen molar-refractivity contribution in [3.05, 3.63) is 0 Å². The number of nitrogens with one attached hydrogen (secondary N) is 1. The van der Waals surface area contributed by atoms with Gasteiger partial charge in [-0.25, -0.2) is 9.59 Å². The average molecular weight is 243 g/mol. The molecule has 0 bridgehead atoms. The zero-order chi connectivity index (χ0) is 12.8. The minimum Gasteiger partial charge on any atom is -0.464 e. The van der Waals surface area contributed by atoms with Crippen molar-refractivity contribution >= 4 is 12.1 Å². The van der Waals surface area contributed by atoms with E-state index in [-0.39, 0.29) is 6.61 Å². The maximum Gasteiger partial charge on any atom is 0.422 e. The van der Waals surface area contributed by atoms with E-state index in [1.54, 1.807) is 6.92 Å². The van der Waals surface area contributed by atoms with Crippen molar-refractivity contribution in [1.82, 2.24) is 5.32 Å². The standard InChI is InChI=1S/C8H12F3NO4/c1-3-15-6(13)5(2)12-7(14)16-4-8(9,10)11/h5H,3-4H2,1-2H3,(H,12,14). The summed E-state index contributed by atoms with van der Waals surface area (Å²) in [6.45, 7) is 1.25. The number of esters is 1. The van der Waals surface area contributed by atoms with Crippen LogP contribution in [0.4, 0.5) is 18.0 Å². The van der Waals surface area contributed by atoms with Crippen molar-refractivity contribution in [2.75, 3.05) is 13.2 Å². The van der Waals surface area contributed by atoms with Gasteiger partial charge in [0.15, 0.2) is 6.61 Å². The molecule has 8 heteroatoms. The number of carbonyl (C=O) groups excluding carboxylic acids is 2. The number of hydrogen-bond donors (Lipinski definition) is 1. The fourth-order valence-corrected chi connectivity index (χ4v) is 0.692. The third-order valence-corrected chi connectivity index (χ3v) is 1.34. The molecule has 1 atom stereocenters. The van der Waals surface area contributed by atoms with Gasteiger partial charge in [-0.05, 0) is 13.8 Å². The van der Waals surface area contributed by atoms with Crippen molar-refractivity contribution in [2.45, 2.75) is 26.1 Å². The molecule has 0 rings (SSSR count). The molecular weight excluding hydrogens is 231 g/mol. The maximum atomic E-state index is 11.6. The summed E-state index contributed by atoms with van der Waals surface area (Å²) in [4.78, 5) is 21.7. The Labute approximate surface area is 89.9 Å². The predicted octanol–water partition coefficient (Wildman–Crippen LogP) is 1.23. The number of amides is 1. The molecule has 0 radical (unpaired) electrons. The molecule has 16 heavy (non-hydrogen) atoms. The Morgan fingerprint density at radius 2 is 1.88 bits per heavy atom. The minimum atomic E-state index is -4.59. The first kappa shape index (κ1) is 14.5. The van der Waals surface area contributed by atoms with Gasteiger partial charge in [-0.1, -0.05) is 0 Å². The van der Waals surface area contributed by atoms with Crippen LogP contribution in [0.25, 0.3) is 0 Å². The quantitative estimate of drug-likeness (QED) is 0.754. The molecule has 0 aliphatic heterocycles. The van der Waals surface area contributed by atoms with Gasteiger partial charge in [-0.15, -0.1) is 0 Å². The summed E-state index contributed by atoms with van der Waals surface area (Å²) < 4.78 is 43.2. The van der Waals surface area contributed by atoms with Gasteiger partial charge >= 0.3 is 18.2 Å². The smallest absolute Gasteiger partial charge is 0.422 e. The van der Waals surface area contributed by atoms with Crippen LogP contribution in [0.1, 0.15) is 13.8 Å². The second kappa shape index (κ2) is 6.19. The van der Waals surface area contributed by atoms with Crippen LogP contribution >= 0.6 is 0 Å². The Bertz CT molecular complexity index is 254. The molecule has 94 valence electrons. The first-order valence-electron chi connectivity index (χ1n) is 4.43. The number of alkyl halides is 3. The van der Waals surface area contributed by atoms with Crippen LogP contribution in [0, 0.1) is 0 Å². The lowest BCUT2D eigenvalue weighted by Crippen LogP contribution is -2.40. The fourth-order valence-electron chi connectivity index (χ4n) is 0.692. The molecule has 1 unspecified atom stereocenters. The van der Waals surface area contributed by atoms with Crippen LogP contribution in [0.5, 0.6) is 0 Å². The highest BCUT2D eigenvalue weighted by molar-refractivity contribution is 5.80. The van der Waals surface area contributed by atoms with Crippen molar-refractivity contribution < 1.29 is 32.2 Å². The Hall–Kier alpha value is -1.47. The van der Waals surface area contributed by atoms with E-state index in [0.717, 1.165) is 0 Å². The summed E-state index contributed by atoms with van der Waals surface area (Å²) >= 11 is 0. The number of rotatable bonds is 4. The molecule has 0 aromatic rings. The van der Waals surface area contributed by atoms with Crippen molar-refractivity contribution in [1.29, 1.82) is 0 Å². The Morgan fingerprint density at radius 1 is 1.31 bits per heavy atom. The lowest BCUT2D eigenvalue weighted by Gasteiger charge is -2.13. The number of alkyl carbamates (subject to hydrolysis) is 1. The highest BCUT2D eigenvalue weighted by atomic mass is 19.4. The van der Waals surface area contributed by atoms with Gasteiger partial charge < -0.3 is 14.8 Å². The second-order valence-corrected chi connectivity index (χ2v) is 2.81. The molecule has 0 saturated carbocycles. The van der Waals surface area contributed by atoms with Crippen molar-refractivity contribution in [3.63, 3.8) is 0 Å². The van der Waals surface area contributed by atoms with E-state index in [1.807, 2.05) is 5.32 Å². The van der Waals surface area contributed by atoms with E-state index in [0.29, 0.717) is 0 Å². The largest absolute Gasteiger partial charge is 0.464 e. The number of hydrogen-bond acceptors (Lipinski definition) is 4. The lowest BCUT2D eigenvalue weighted by molar-refractivity contribution is -0.160. The first-order valence-corrected chi connectivity index (χ1v) is 4.43.